The van der Waals surface area contributed by atoms with Crippen LogP contribution in [0.2, 0.25) is 20.1 Å². The van der Waals surface area contributed by atoms with Gasteiger partial charge in [0.25, 0.3) is 6.47 Å². The molecular weight excluding hydrogens is 282 g/mol. The SMILES string of the molecule is C=COC=O.Clc1ccc(Cl)c(Cl)c1Cl. The van der Waals surface area contributed by atoms with Gasteiger partial charge < -0.3 is 4.74 Å². The van der Waals surface area contributed by atoms with Gasteiger partial charge in [-0.2, -0.15) is 0 Å². The molecule has 0 N–H and O–H groups in total. The molecule has 0 bridgehead atoms. The molecule has 0 unspecified atom stereocenters. The largest absolute Gasteiger partial charge is 0.437 e. The van der Waals surface area contributed by atoms with Crippen LogP contribution in [-0.4, -0.2) is 6.47 Å². The Morgan fingerprint density at radius 1 is 1.07 bits per heavy atom. The first kappa shape index (κ1) is 14.6. The van der Waals surface area contributed by atoms with E-state index in [1.54, 1.807) is 12.1 Å². The van der Waals surface area contributed by atoms with Gasteiger partial charge >= 0.3 is 0 Å². The van der Waals surface area contributed by atoms with Gasteiger partial charge in [0.05, 0.1) is 26.4 Å². The van der Waals surface area contributed by atoms with Crippen LogP contribution in [0.4, 0.5) is 0 Å². The first-order valence-corrected chi connectivity index (χ1v) is 5.04. The standard InChI is InChI=1S/C6H2Cl4.C3H4O2/c7-3-1-2-4(8)6(10)5(3)9;1-2-5-3-4/h1-2H;2-3H,1H2. The molecule has 6 heteroatoms. The van der Waals surface area contributed by atoms with Crippen LogP contribution in [0.5, 0.6) is 0 Å². The summed E-state index contributed by atoms with van der Waals surface area (Å²) in [5.74, 6) is 0. The molecule has 2 nitrogen and oxygen atoms in total. The third-order valence-corrected chi connectivity index (χ3v) is 2.85. The van der Waals surface area contributed by atoms with E-state index in [1.165, 1.54) is 0 Å². The summed E-state index contributed by atoms with van der Waals surface area (Å²) in [6, 6.07) is 3.19. The van der Waals surface area contributed by atoms with Crippen LogP contribution in [-0.2, 0) is 9.53 Å². The van der Waals surface area contributed by atoms with Crippen molar-refractivity contribution in [2.24, 2.45) is 0 Å². The molecule has 0 heterocycles. The van der Waals surface area contributed by atoms with E-state index < -0.39 is 0 Å². The molecule has 82 valence electrons. The van der Waals surface area contributed by atoms with Gasteiger partial charge in [0.2, 0.25) is 0 Å². The summed E-state index contributed by atoms with van der Waals surface area (Å²) >= 11 is 22.5. The Morgan fingerprint density at radius 2 is 1.47 bits per heavy atom. The van der Waals surface area contributed by atoms with Crippen LogP contribution < -0.4 is 0 Å². The van der Waals surface area contributed by atoms with Crippen molar-refractivity contribution in [1.29, 1.82) is 0 Å². The summed E-state index contributed by atoms with van der Waals surface area (Å²) in [5, 5.41) is 1.43. The molecule has 0 radical (unpaired) electrons. The van der Waals surface area contributed by atoms with E-state index in [4.69, 9.17) is 51.2 Å². The number of carbonyl (C=O) groups excluding carboxylic acids is 1. The third kappa shape index (κ3) is 5.28. The number of ether oxygens (including phenoxy) is 1. The normalized spacial score (nSPS) is 8.53. The summed E-state index contributed by atoms with van der Waals surface area (Å²) < 4.78 is 3.92. The van der Waals surface area contributed by atoms with Gasteiger partial charge in [-0.25, -0.2) is 0 Å². The number of hydrogen-bond acceptors (Lipinski definition) is 2. The molecule has 0 aliphatic rings. The second-order valence-electron chi connectivity index (χ2n) is 2.06. The van der Waals surface area contributed by atoms with Crippen LogP contribution in [0, 0.1) is 0 Å². The summed E-state index contributed by atoms with van der Waals surface area (Å²) in [5.41, 5.74) is 0. The van der Waals surface area contributed by atoms with E-state index in [1.807, 2.05) is 0 Å². The van der Waals surface area contributed by atoms with E-state index >= 15 is 0 Å². The van der Waals surface area contributed by atoms with Crippen LogP contribution in [0.15, 0.2) is 25.0 Å². The van der Waals surface area contributed by atoms with Crippen molar-refractivity contribution < 1.29 is 9.53 Å². The number of benzene rings is 1. The molecule has 1 aromatic rings. The van der Waals surface area contributed by atoms with Gasteiger partial charge in [-0.05, 0) is 12.1 Å². The fraction of sp³-hybridized carbons (Fsp3) is 0. The minimum Gasteiger partial charge on any atom is -0.437 e. The summed E-state index contributed by atoms with van der Waals surface area (Å²) in [6.45, 7) is 3.41. The van der Waals surface area contributed by atoms with E-state index in [2.05, 4.69) is 11.3 Å². The number of rotatable bonds is 2. The average molecular weight is 288 g/mol. The Balaban J connectivity index is 0.000000336. The zero-order valence-corrected chi connectivity index (χ0v) is 10.4. The fourth-order valence-electron chi connectivity index (χ4n) is 0.542. The van der Waals surface area contributed by atoms with Crippen molar-refractivity contribution >= 4 is 52.9 Å². The highest BCUT2D eigenvalue weighted by atomic mass is 35.5. The molecule has 0 saturated carbocycles. The lowest BCUT2D eigenvalue weighted by molar-refractivity contribution is -0.123. The molecule has 0 spiro atoms. The topological polar surface area (TPSA) is 26.3 Å². The minimum absolute atomic E-state index is 0.302. The molecular formula is C9H6Cl4O2. The van der Waals surface area contributed by atoms with Crippen molar-refractivity contribution in [3.63, 3.8) is 0 Å². The number of hydrogen-bond donors (Lipinski definition) is 0. The smallest absolute Gasteiger partial charge is 0.297 e. The maximum absolute atomic E-state index is 9.11. The molecule has 0 amide bonds. The molecule has 0 aromatic heterocycles. The molecule has 15 heavy (non-hydrogen) atoms. The van der Waals surface area contributed by atoms with Gasteiger partial charge in [-0.1, -0.05) is 53.0 Å². The maximum Gasteiger partial charge on any atom is 0.297 e. The lowest BCUT2D eigenvalue weighted by Crippen LogP contribution is -1.71. The van der Waals surface area contributed by atoms with Crippen molar-refractivity contribution in [3.8, 4) is 0 Å². The van der Waals surface area contributed by atoms with E-state index in [-0.39, 0.29) is 0 Å². The number of halogens is 4. The molecule has 0 aliphatic carbocycles. The highest BCUT2D eigenvalue weighted by Crippen LogP contribution is 2.34. The second kappa shape index (κ2) is 7.83. The fourth-order valence-corrected chi connectivity index (χ4v) is 1.28. The summed E-state index contributed by atoms with van der Waals surface area (Å²) in [4.78, 5) is 9.11. The van der Waals surface area contributed by atoms with Gasteiger partial charge in [0.15, 0.2) is 0 Å². The highest BCUT2D eigenvalue weighted by Gasteiger charge is 2.05. The molecule has 1 rings (SSSR count). The minimum atomic E-state index is 0.302. The summed E-state index contributed by atoms with van der Waals surface area (Å²) in [6.07, 6.45) is 1.06. The molecule has 0 aliphatic heterocycles. The van der Waals surface area contributed by atoms with Crippen molar-refractivity contribution in [3.05, 3.63) is 45.1 Å². The molecule has 0 saturated heterocycles. The number of carbonyl (C=O) groups is 1. The van der Waals surface area contributed by atoms with Crippen molar-refractivity contribution in [2.75, 3.05) is 0 Å². The van der Waals surface area contributed by atoms with Crippen LogP contribution in [0.25, 0.3) is 0 Å². The Hall–Kier alpha value is -0.410. The Kier molecular flexibility index (Phi) is 7.61. The average Bonchev–Trinajstić information content (AvgIpc) is 2.23. The van der Waals surface area contributed by atoms with Gasteiger partial charge in [0, 0.05) is 0 Å². The van der Waals surface area contributed by atoms with Crippen LogP contribution >= 0.6 is 46.4 Å². The van der Waals surface area contributed by atoms with Gasteiger partial charge in [-0.3, -0.25) is 4.79 Å². The predicted octanol–water partition coefficient (Wildman–Crippen LogP) is 4.60. The van der Waals surface area contributed by atoms with Crippen LogP contribution in [0.3, 0.4) is 0 Å². The lowest BCUT2D eigenvalue weighted by Gasteiger charge is -1.98. The molecule has 0 fully saturated rings. The van der Waals surface area contributed by atoms with Crippen molar-refractivity contribution in [1.82, 2.24) is 0 Å². The molecule has 1 aromatic carbocycles. The third-order valence-electron chi connectivity index (χ3n) is 1.14. The molecule has 0 atom stereocenters. The van der Waals surface area contributed by atoms with Gasteiger partial charge in [-0.15, -0.1) is 0 Å². The van der Waals surface area contributed by atoms with E-state index in [0.717, 1.165) is 6.26 Å². The first-order chi connectivity index (χ1) is 7.04. The Labute approximate surface area is 107 Å². The lowest BCUT2D eigenvalue weighted by atomic mass is 10.4. The Morgan fingerprint density at radius 3 is 1.67 bits per heavy atom. The predicted molar refractivity (Wildman–Crippen MR) is 63.8 cm³/mol. The van der Waals surface area contributed by atoms with E-state index in [0.29, 0.717) is 26.6 Å². The summed E-state index contributed by atoms with van der Waals surface area (Å²) in [7, 11) is 0. The van der Waals surface area contributed by atoms with Crippen LogP contribution in [0.1, 0.15) is 0 Å². The first-order valence-electron chi connectivity index (χ1n) is 3.53. The second-order valence-corrected chi connectivity index (χ2v) is 3.63. The zero-order chi connectivity index (χ0) is 11.8. The quantitative estimate of drug-likeness (QED) is 0.344. The monoisotopic (exact) mass is 286 g/mol. The van der Waals surface area contributed by atoms with Gasteiger partial charge in [0.1, 0.15) is 0 Å². The van der Waals surface area contributed by atoms with Crippen molar-refractivity contribution in [2.45, 2.75) is 0 Å². The maximum atomic E-state index is 9.11. The highest BCUT2D eigenvalue weighted by molar-refractivity contribution is 6.51. The zero-order valence-electron chi connectivity index (χ0n) is 7.34. The van der Waals surface area contributed by atoms with E-state index in [9.17, 15) is 0 Å². The Bertz CT molecular complexity index is 319.